The van der Waals surface area contributed by atoms with Gasteiger partial charge in [-0.1, -0.05) is 170 Å². The number of benzene rings is 6. The summed E-state index contributed by atoms with van der Waals surface area (Å²) in [6.45, 7) is 2.18. The number of ether oxygens (including phenoxy) is 1. The van der Waals surface area contributed by atoms with Gasteiger partial charge in [-0.15, -0.1) is 25.2 Å². The maximum absolute atomic E-state index is 6.12. The quantitative estimate of drug-likeness (QED) is 0.135. The number of tetrazole rings is 1. The van der Waals surface area contributed by atoms with E-state index in [1.807, 2.05) is 110 Å². The van der Waals surface area contributed by atoms with Gasteiger partial charge in [0.2, 0.25) is 11.7 Å². The summed E-state index contributed by atoms with van der Waals surface area (Å²) in [6.07, 6.45) is 0. The molecule has 0 saturated carbocycles. The van der Waals surface area contributed by atoms with E-state index in [-0.39, 0.29) is 0 Å². The molecule has 0 spiro atoms. The molecule has 51 heavy (non-hydrogen) atoms. The molecule has 8 nitrogen and oxygen atoms in total. The van der Waals surface area contributed by atoms with Crippen LogP contribution in [-0.4, -0.2) is 35.4 Å². The molecule has 0 N–H and O–H groups in total. The van der Waals surface area contributed by atoms with Crippen molar-refractivity contribution in [2.45, 2.75) is 19.1 Å². The Balaban J connectivity index is 1.11. The molecule has 0 fully saturated rings. The molecule has 8 heteroatoms. The first-order chi connectivity index (χ1) is 25.2. The minimum absolute atomic E-state index is 0.339. The molecule has 0 unspecified atom stereocenters. The van der Waals surface area contributed by atoms with Crippen LogP contribution in [0.25, 0.3) is 33.9 Å². The Kier molecular flexibility index (Phi) is 8.62. The lowest BCUT2D eigenvalue weighted by Crippen LogP contribution is -2.39. The minimum atomic E-state index is -0.856. The normalized spacial score (nSPS) is 11.3. The summed E-state index contributed by atoms with van der Waals surface area (Å²) in [5.74, 6) is 1.53. The van der Waals surface area contributed by atoms with Crippen molar-refractivity contribution in [1.29, 1.82) is 0 Å². The Morgan fingerprint density at radius 3 is 1.63 bits per heavy atom. The molecule has 0 aliphatic carbocycles. The largest absolute Gasteiger partial charge is 0.471 e. The van der Waals surface area contributed by atoms with Crippen molar-refractivity contribution in [3.05, 3.63) is 198 Å². The van der Waals surface area contributed by atoms with E-state index in [4.69, 9.17) is 20.1 Å². The number of hydrogen-bond donors (Lipinski definition) is 0. The topological polar surface area (TPSA) is 91.5 Å². The second-order valence-corrected chi connectivity index (χ2v) is 12.1. The maximum atomic E-state index is 6.12. The fraction of sp³-hybridized carbons (Fsp3) is 0.0698. The van der Waals surface area contributed by atoms with Crippen LogP contribution in [0.15, 0.2) is 170 Å². The summed E-state index contributed by atoms with van der Waals surface area (Å²) in [4.78, 5) is 6.38. The number of aryl methyl sites for hydroxylation is 1. The summed E-state index contributed by atoms with van der Waals surface area (Å²) in [5.41, 5.74) is 7.66. The van der Waals surface area contributed by atoms with Crippen LogP contribution in [0.1, 0.15) is 27.9 Å². The predicted molar refractivity (Wildman–Crippen MR) is 198 cm³/mol. The molecule has 246 valence electrons. The van der Waals surface area contributed by atoms with Crippen molar-refractivity contribution in [3.8, 4) is 39.8 Å². The van der Waals surface area contributed by atoms with E-state index in [1.165, 1.54) is 0 Å². The number of rotatable bonds is 10. The number of hydrogen-bond acceptors (Lipinski definition) is 7. The molecule has 0 atom stereocenters. The third-order valence-corrected chi connectivity index (χ3v) is 8.94. The average molecular weight is 664 g/mol. The molecular weight excluding hydrogens is 631 g/mol. The minimum Gasteiger partial charge on any atom is -0.471 e. The van der Waals surface area contributed by atoms with Gasteiger partial charge in [-0.05, 0) is 45.5 Å². The Hall–Kier alpha value is -6.80. The lowest BCUT2D eigenvalue weighted by molar-refractivity contribution is 0.289. The van der Waals surface area contributed by atoms with E-state index in [9.17, 15) is 0 Å². The Bertz CT molecular complexity index is 2270. The first-order valence-corrected chi connectivity index (χ1v) is 16.8. The lowest BCUT2D eigenvalue weighted by atomic mass is 9.77. The van der Waals surface area contributed by atoms with E-state index in [0.717, 1.165) is 44.5 Å². The highest BCUT2D eigenvalue weighted by Crippen LogP contribution is 2.40. The van der Waals surface area contributed by atoms with E-state index >= 15 is 0 Å². The highest BCUT2D eigenvalue weighted by Gasteiger charge is 2.41. The van der Waals surface area contributed by atoms with Crippen LogP contribution in [0.3, 0.4) is 0 Å². The number of aromatic nitrogens is 7. The zero-order valence-electron chi connectivity index (χ0n) is 27.9. The zero-order chi connectivity index (χ0) is 34.5. The maximum Gasteiger partial charge on any atom is 0.239 e. The third-order valence-electron chi connectivity index (χ3n) is 8.94. The molecule has 0 aliphatic heterocycles. The van der Waals surface area contributed by atoms with Crippen LogP contribution in [0.2, 0.25) is 0 Å². The fourth-order valence-corrected chi connectivity index (χ4v) is 6.42. The van der Waals surface area contributed by atoms with Crippen LogP contribution in [0, 0.1) is 6.92 Å². The molecule has 6 aromatic carbocycles. The monoisotopic (exact) mass is 663 g/mol. The van der Waals surface area contributed by atoms with Crippen molar-refractivity contribution < 1.29 is 4.74 Å². The molecule has 8 aromatic rings. The summed E-state index contributed by atoms with van der Waals surface area (Å²) in [5, 5.41) is 23.1. The van der Waals surface area contributed by atoms with E-state index in [1.54, 1.807) is 4.80 Å². The molecular formula is C43H33N7O. The van der Waals surface area contributed by atoms with Crippen molar-refractivity contribution in [1.82, 2.24) is 35.4 Å². The predicted octanol–water partition coefficient (Wildman–Crippen LogP) is 8.59. The van der Waals surface area contributed by atoms with Gasteiger partial charge in [0.15, 0.2) is 11.4 Å². The average Bonchev–Trinajstić information content (AvgIpc) is 3.70. The van der Waals surface area contributed by atoms with Gasteiger partial charge in [-0.2, -0.15) is 4.98 Å². The lowest BCUT2D eigenvalue weighted by Gasteiger charge is -2.34. The molecule has 0 aliphatic rings. The standard InChI is InChI=1S/C43H33N7O/c1-31-42(44-40(46-45-31)34-16-6-2-7-17-34)51-30-32-26-28-33(29-27-32)38-24-14-15-25-39(38)41-47-49-50(48-41)43(35-18-8-3-9-19-35,36-20-10-4-11-21-36)37-22-12-5-13-23-37/h2-29H,30H2,1H3. The van der Waals surface area contributed by atoms with Crippen molar-refractivity contribution >= 4 is 0 Å². The molecule has 2 heterocycles. The van der Waals surface area contributed by atoms with Gasteiger partial charge in [-0.3, -0.25) is 0 Å². The van der Waals surface area contributed by atoms with Gasteiger partial charge >= 0.3 is 0 Å². The molecule has 0 bridgehead atoms. The third kappa shape index (κ3) is 6.15. The molecule has 0 amide bonds. The second kappa shape index (κ2) is 14.0. The van der Waals surface area contributed by atoms with Gasteiger partial charge in [0.25, 0.3) is 0 Å². The Morgan fingerprint density at radius 1 is 0.510 bits per heavy atom. The molecule has 8 rings (SSSR count). The fourth-order valence-electron chi connectivity index (χ4n) is 6.42. The van der Waals surface area contributed by atoms with Crippen molar-refractivity contribution in [3.63, 3.8) is 0 Å². The van der Waals surface area contributed by atoms with Crippen LogP contribution in [0.5, 0.6) is 5.88 Å². The summed E-state index contributed by atoms with van der Waals surface area (Å²) >= 11 is 0. The van der Waals surface area contributed by atoms with Crippen LogP contribution >= 0.6 is 0 Å². The molecule has 0 radical (unpaired) electrons. The van der Waals surface area contributed by atoms with E-state index in [0.29, 0.717) is 29.8 Å². The van der Waals surface area contributed by atoms with E-state index < -0.39 is 5.54 Å². The molecule has 2 aromatic heterocycles. The van der Waals surface area contributed by atoms with Gasteiger partial charge in [-0.25, -0.2) is 0 Å². The van der Waals surface area contributed by atoms with Crippen LogP contribution in [0.4, 0.5) is 0 Å². The zero-order valence-corrected chi connectivity index (χ0v) is 27.9. The second-order valence-electron chi connectivity index (χ2n) is 12.1. The van der Waals surface area contributed by atoms with Crippen molar-refractivity contribution in [2.75, 3.05) is 0 Å². The van der Waals surface area contributed by atoms with Gasteiger partial charge in [0.05, 0.1) is 0 Å². The van der Waals surface area contributed by atoms with Gasteiger partial charge in [0, 0.05) is 11.1 Å². The molecule has 0 saturated heterocycles. The number of nitrogens with zero attached hydrogens (tertiary/aromatic N) is 7. The Morgan fingerprint density at radius 2 is 1.04 bits per heavy atom. The first-order valence-electron chi connectivity index (χ1n) is 16.8. The van der Waals surface area contributed by atoms with Gasteiger partial charge < -0.3 is 4.74 Å². The van der Waals surface area contributed by atoms with E-state index in [2.05, 4.69) is 81.9 Å². The summed E-state index contributed by atoms with van der Waals surface area (Å²) in [6, 6.07) is 57.3. The Labute approximate surface area is 296 Å². The van der Waals surface area contributed by atoms with Crippen molar-refractivity contribution in [2.24, 2.45) is 0 Å². The first kappa shape index (κ1) is 31.5. The summed E-state index contributed by atoms with van der Waals surface area (Å²) in [7, 11) is 0. The highest BCUT2D eigenvalue weighted by molar-refractivity contribution is 5.80. The van der Waals surface area contributed by atoms with Crippen LogP contribution in [-0.2, 0) is 12.1 Å². The highest BCUT2D eigenvalue weighted by atomic mass is 16.5. The van der Waals surface area contributed by atoms with Crippen LogP contribution < -0.4 is 4.74 Å². The smallest absolute Gasteiger partial charge is 0.239 e. The SMILES string of the molecule is Cc1nnc(-c2ccccc2)nc1OCc1ccc(-c2ccccc2-c2nnn(C(c3ccccc3)(c3ccccc3)c3ccccc3)n2)cc1. The summed E-state index contributed by atoms with van der Waals surface area (Å²) < 4.78 is 6.12. The van der Waals surface area contributed by atoms with Gasteiger partial charge in [0.1, 0.15) is 12.3 Å².